The molecule has 0 aromatic carbocycles. The van der Waals surface area contributed by atoms with E-state index in [4.69, 9.17) is 10.00 Å². The fourth-order valence-electron chi connectivity index (χ4n) is 1.63. The van der Waals surface area contributed by atoms with Gasteiger partial charge in [0.15, 0.2) is 0 Å². The van der Waals surface area contributed by atoms with Crippen molar-refractivity contribution in [1.29, 1.82) is 5.26 Å². The molecule has 0 amide bonds. The second kappa shape index (κ2) is 5.35. The molecule has 0 aliphatic carbocycles. The number of ether oxygens (including phenoxy) is 1. The highest BCUT2D eigenvalue weighted by Gasteiger charge is 2.12. The lowest BCUT2D eigenvalue weighted by Crippen LogP contribution is -2.00. The molecule has 1 rings (SSSR count). The van der Waals surface area contributed by atoms with Gasteiger partial charge in [0.1, 0.15) is 17.5 Å². The van der Waals surface area contributed by atoms with Crippen molar-refractivity contribution in [2.75, 3.05) is 7.11 Å². The summed E-state index contributed by atoms with van der Waals surface area (Å²) in [7, 11) is 1.61. The molecule has 0 radical (unpaired) electrons. The minimum absolute atomic E-state index is 0.354. The van der Waals surface area contributed by atoms with Gasteiger partial charge in [-0.1, -0.05) is 20.3 Å². The molecular formula is C12H16N2O. The van der Waals surface area contributed by atoms with Gasteiger partial charge in [-0.05, 0) is 24.0 Å². The lowest BCUT2D eigenvalue weighted by molar-refractivity contribution is 0.411. The molecule has 15 heavy (non-hydrogen) atoms. The van der Waals surface area contributed by atoms with Crippen LogP contribution in [0.4, 0.5) is 0 Å². The predicted octanol–water partition coefficient (Wildman–Crippen LogP) is 2.87. The Labute approximate surface area is 90.7 Å². The summed E-state index contributed by atoms with van der Waals surface area (Å²) in [6.07, 6.45) is 3.74. The lowest BCUT2D eigenvalue weighted by atomic mass is 9.95. The zero-order valence-corrected chi connectivity index (χ0v) is 9.45. The number of pyridine rings is 1. The number of hydrogen-bond acceptors (Lipinski definition) is 3. The Morgan fingerprint density at radius 1 is 1.60 bits per heavy atom. The van der Waals surface area contributed by atoms with E-state index in [0.29, 0.717) is 17.4 Å². The summed E-state index contributed by atoms with van der Waals surface area (Å²) in [5.74, 6) is 1.07. The summed E-state index contributed by atoms with van der Waals surface area (Å²) < 4.78 is 5.11. The van der Waals surface area contributed by atoms with Gasteiger partial charge in [-0.15, -0.1) is 0 Å². The van der Waals surface area contributed by atoms with Crippen LogP contribution in [-0.2, 0) is 0 Å². The number of methoxy groups -OCH3 is 1. The SMILES string of the molecule is CCCC(C)c1cc(OC)cnc1C#N. The smallest absolute Gasteiger partial charge is 0.144 e. The van der Waals surface area contributed by atoms with E-state index in [-0.39, 0.29) is 0 Å². The monoisotopic (exact) mass is 204 g/mol. The van der Waals surface area contributed by atoms with E-state index >= 15 is 0 Å². The molecule has 1 unspecified atom stereocenters. The van der Waals surface area contributed by atoms with Crippen LogP contribution in [0.1, 0.15) is 43.9 Å². The maximum absolute atomic E-state index is 8.95. The standard InChI is InChI=1S/C12H16N2O/c1-4-5-9(2)11-6-10(15-3)8-14-12(11)7-13/h6,8-9H,4-5H2,1-3H3. The molecule has 0 N–H and O–H groups in total. The van der Waals surface area contributed by atoms with Crippen molar-refractivity contribution in [3.05, 3.63) is 23.5 Å². The number of hydrogen-bond donors (Lipinski definition) is 0. The normalized spacial score (nSPS) is 11.9. The van der Waals surface area contributed by atoms with Crippen molar-refractivity contribution in [3.8, 4) is 11.8 Å². The van der Waals surface area contributed by atoms with Crippen LogP contribution >= 0.6 is 0 Å². The van der Waals surface area contributed by atoms with Gasteiger partial charge in [0.25, 0.3) is 0 Å². The molecule has 3 nitrogen and oxygen atoms in total. The van der Waals surface area contributed by atoms with Crippen LogP contribution in [0.15, 0.2) is 12.3 Å². The topological polar surface area (TPSA) is 45.9 Å². The minimum atomic E-state index is 0.354. The zero-order chi connectivity index (χ0) is 11.3. The summed E-state index contributed by atoms with van der Waals surface area (Å²) in [5, 5.41) is 8.95. The third kappa shape index (κ3) is 2.69. The van der Waals surface area contributed by atoms with Crippen LogP contribution in [-0.4, -0.2) is 12.1 Å². The molecule has 80 valence electrons. The van der Waals surface area contributed by atoms with E-state index in [9.17, 15) is 0 Å². The van der Waals surface area contributed by atoms with Crippen LogP contribution in [0.3, 0.4) is 0 Å². The molecule has 0 aliphatic rings. The summed E-state index contributed by atoms with van der Waals surface area (Å²) in [6, 6.07) is 4.03. The first-order valence-corrected chi connectivity index (χ1v) is 5.17. The van der Waals surface area contributed by atoms with Gasteiger partial charge in [-0.25, -0.2) is 4.98 Å². The molecule has 0 fully saturated rings. The first-order valence-electron chi connectivity index (χ1n) is 5.17. The summed E-state index contributed by atoms with van der Waals surface area (Å²) in [5.41, 5.74) is 1.50. The molecule has 1 aromatic heterocycles. The van der Waals surface area contributed by atoms with Crippen LogP contribution in [0.2, 0.25) is 0 Å². The summed E-state index contributed by atoms with van der Waals surface area (Å²) in [6.45, 7) is 4.25. The van der Waals surface area contributed by atoms with Crippen LogP contribution < -0.4 is 4.74 Å². The van der Waals surface area contributed by atoms with E-state index < -0.39 is 0 Å². The Morgan fingerprint density at radius 2 is 2.33 bits per heavy atom. The second-order valence-corrected chi connectivity index (χ2v) is 3.61. The Kier molecular flexibility index (Phi) is 4.11. The number of aromatic nitrogens is 1. The second-order valence-electron chi connectivity index (χ2n) is 3.61. The molecule has 3 heteroatoms. The first-order chi connectivity index (χ1) is 7.22. The largest absolute Gasteiger partial charge is 0.495 e. The quantitative estimate of drug-likeness (QED) is 0.757. The Hall–Kier alpha value is -1.56. The molecule has 1 aromatic rings. The molecule has 1 heterocycles. The Bertz CT molecular complexity index is 368. The highest BCUT2D eigenvalue weighted by Crippen LogP contribution is 2.25. The van der Waals surface area contributed by atoms with E-state index in [0.717, 1.165) is 18.4 Å². The maximum atomic E-state index is 8.95. The summed E-state index contributed by atoms with van der Waals surface area (Å²) >= 11 is 0. The molecule has 0 spiro atoms. The van der Waals surface area contributed by atoms with Crippen molar-refractivity contribution in [2.24, 2.45) is 0 Å². The van der Waals surface area contributed by atoms with Crippen molar-refractivity contribution in [2.45, 2.75) is 32.6 Å². The summed E-state index contributed by atoms with van der Waals surface area (Å²) in [4.78, 5) is 4.09. The molecule has 0 saturated heterocycles. The van der Waals surface area contributed by atoms with Crippen LogP contribution in [0, 0.1) is 11.3 Å². The molecular weight excluding hydrogens is 188 g/mol. The molecule has 0 aliphatic heterocycles. The molecule has 0 saturated carbocycles. The Morgan fingerprint density at radius 3 is 2.87 bits per heavy atom. The highest BCUT2D eigenvalue weighted by molar-refractivity contribution is 5.38. The first kappa shape index (κ1) is 11.5. The average molecular weight is 204 g/mol. The molecule has 1 atom stereocenters. The minimum Gasteiger partial charge on any atom is -0.495 e. The fourth-order valence-corrected chi connectivity index (χ4v) is 1.63. The van der Waals surface area contributed by atoms with Gasteiger partial charge in [0.2, 0.25) is 0 Å². The van der Waals surface area contributed by atoms with E-state index in [2.05, 4.69) is 24.9 Å². The van der Waals surface area contributed by atoms with Crippen molar-refractivity contribution in [3.63, 3.8) is 0 Å². The van der Waals surface area contributed by atoms with E-state index in [1.807, 2.05) is 6.07 Å². The van der Waals surface area contributed by atoms with Gasteiger partial charge in [0, 0.05) is 0 Å². The van der Waals surface area contributed by atoms with Gasteiger partial charge in [0.05, 0.1) is 13.3 Å². The van der Waals surface area contributed by atoms with Crippen molar-refractivity contribution < 1.29 is 4.74 Å². The van der Waals surface area contributed by atoms with E-state index in [1.165, 1.54) is 0 Å². The van der Waals surface area contributed by atoms with Crippen LogP contribution in [0.5, 0.6) is 5.75 Å². The van der Waals surface area contributed by atoms with Crippen LogP contribution in [0.25, 0.3) is 0 Å². The predicted molar refractivity (Wildman–Crippen MR) is 58.8 cm³/mol. The van der Waals surface area contributed by atoms with E-state index in [1.54, 1.807) is 13.3 Å². The van der Waals surface area contributed by atoms with Crippen molar-refractivity contribution in [1.82, 2.24) is 4.98 Å². The number of nitrogens with zero attached hydrogens (tertiary/aromatic N) is 2. The third-order valence-electron chi connectivity index (χ3n) is 2.49. The molecule has 0 bridgehead atoms. The highest BCUT2D eigenvalue weighted by atomic mass is 16.5. The lowest BCUT2D eigenvalue weighted by Gasteiger charge is -2.12. The average Bonchev–Trinajstić information content (AvgIpc) is 2.28. The van der Waals surface area contributed by atoms with Gasteiger partial charge >= 0.3 is 0 Å². The third-order valence-corrected chi connectivity index (χ3v) is 2.49. The van der Waals surface area contributed by atoms with Gasteiger partial charge in [-0.2, -0.15) is 5.26 Å². The van der Waals surface area contributed by atoms with Crippen molar-refractivity contribution >= 4 is 0 Å². The number of rotatable bonds is 4. The maximum Gasteiger partial charge on any atom is 0.144 e. The number of nitriles is 1. The fraction of sp³-hybridized carbons (Fsp3) is 0.500. The Balaban J connectivity index is 3.07. The zero-order valence-electron chi connectivity index (χ0n) is 9.45. The van der Waals surface area contributed by atoms with Gasteiger partial charge in [-0.3, -0.25) is 0 Å². The van der Waals surface area contributed by atoms with Gasteiger partial charge < -0.3 is 4.74 Å².